The van der Waals surface area contributed by atoms with Gasteiger partial charge in [0.15, 0.2) is 0 Å². The molecule has 76 valence electrons. The number of halogens is 1. The third-order valence-corrected chi connectivity index (χ3v) is 1.29. The standard InChI is InChI=1S/C6H14N2O2.ClH.Fe/c7-4-2-1-3-5(8)6(9)10;;/h5H,1-4,7-8H2,(H,9,10);1H;. The maximum atomic E-state index is 10.1. The molecule has 0 saturated heterocycles. The van der Waals surface area contributed by atoms with Crippen LogP contribution in [0.15, 0.2) is 0 Å². The molecule has 1 unspecified atom stereocenters. The van der Waals surface area contributed by atoms with Crippen LogP contribution in [-0.2, 0) is 21.9 Å². The van der Waals surface area contributed by atoms with Crippen LogP contribution in [0.4, 0.5) is 0 Å². The summed E-state index contributed by atoms with van der Waals surface area (Å²) in [7, 11) is 0. The van der Waals surface area contributed by atoms with Crippen LogP contribution < -0.4 is 11.5 Å². The van der Waals surface area contributed by atoms with Crippen LogP contribution in [0.1, 0.15) is 19.3 Å². The van der Waals surface area contributed by atoms with Crippen molar-refractivity contribution in [3.8, 4) is 0 Å². The van der Waals surface area contributed by atoms with Crippen molar-refractivity contribution < 1.29 is 27.0 Å². The first-order valence-electron chi connectivity index (χ1n) is 3.37. The van der Waals surface area contributed by atoms with Gasteiger partial charge >= 0.3 is 5.97 Å². The van der Waals surface area contributed by atoms with Crippen LogP contribution in [0.2, 0.25) is 0 Å². The Labute approximate surface area is 88.9 Å². The quantitative estimate of drug-likeness (QED) is 0.463. The Morgan fingerprint density at radius 2 is 1.92 bits per heavy atom. The minimum Gasteiger partial charge on any atom is -0.480 e. The van der Waals surface area contributed by atoms with E-state index in [0.717, 1.165) is 12.8 Å². The fourth-order valence-corrected chi connectivity index (χ4v) is 0.632. The third kappa shape index (κ3) is 10.2. The van der Waals surface area contributed by atoms with Crippen molar-refractivity contribution in [2.75, 3.05) is 6.54 Å². The molecular formula is C6H15ClFeN2O2. The van der Waals surface area contributed by atoms with Gasteiger partial charge in [-0.1, -0.05) is 6.42 Å². The molecule has 0 aliphatic heterocycles. The van der Waals surface area contributed by atoms with Crippen molar-refractivity contribution in [2.24, 2.45) is 11.5 Å². The van der Waals surface area contributed by atoms with Crippen molar-refractivity contribution in [1.82, 2.24) is 0 Å². The first-order chi connectivity index (χ1) is 4.68. The summed E-state index contributed by atoms with van der Waals surface area (Å²) in [6.45, 7) is 0.604. The van der Waals surface area contributed by atoms with E-state index < -0.39 is 12.0 Å². The van der Waals surface area contributed by atoms with E-state index in [9.17, 15) is 4.79 Å². The summed E-state index contributed by atoms with van der Waals surface area (Å²) in [5.74, 6) is -0.933. The number of hydrogen-bond acceptors (Lipinski definition) is 3. The Bertz CT molecular complexity index is 116. The minimum absolute atomic E-state index is 0. The predicted octanol–water partition coefficient (Wildman–Crippen LogP) is -0.0534. The molecule has 0 aromatic rings. The molecule has 0 aromatic heterocycles. The second-order valence-corrected chi connectivity index (χ2v) is 2.23. The zero-order valence-electron chi connectivity index (χ0n) is 6.68. The number of carbonyl (C=O) groups is 1. The number of rotatable bonds is 5. The van der Waals surface area contributed by atoms with Gasteiger partial charge in [-0.25, -0.2) is 0 Å². The number of aliphatic carboxylic acids is 1. The number of hydrogen-bond donors (Lipinski definition) is 3. The van der Waals surface area contributed by atoms with Crippen molar-refractivity contribution in [1.29, 1.82) is 0 Å². The molecule has 6 heteroatoms. The van der Waals surface area contributed by atoms with Crippen molar-refractivity contribution >= 4 is 18.4 Å². The third-order valence-electron chi connectivity index (χ3n) is 1.29. The van der Waals surface area contributed by atoms with Crippen LogP contribution in [0.3, 0.4) is 0 Å². The molecule has 0 aliphatic rings. The smallest absolute Gasteiger partial charge is 0.320 e. The van der Waals surface area contributed by atoms with E-state index in [1.165, 1.54) is 0 Å². The normalized spacial score (nSPS) is 10.8. The molecule has 4 nitrogen and oxygen atoms in total. The second kappa shape index (κ2) is 11.2. The fourth-order valence-electron chi connectivity index (χ4n) is 0.632. The van der Waals surface area contributed by atoms with Gasteiger partial charge < -0.3 is 16.6 Å². The van der Waals surface area contributed by atoms with Crippen molar-refractivity contribution in [2.45, 2.75) is 25.3 Å². The molecule has 0 saturated carbocycles. The summed E-state index contributed by atoms with van der Waals surface area (Å²) < 4.78 is 0. The minimum atomic E-state index is -0.933. The molecule has 1 atom stereocenters. The molecule has 0 spiro atoms. The van der Waals surface area contributed by atoms with E-state index in [1.807, 2.05) is 0 Å². The number of nitrogens with two attached hydrogens (primary N) is 2. The Kier molecular flexibility index (Phi) is 16.9. The molecule has 5 N–H and O–H groups in total. The topological polar surface area (TPSA) is 89.3 Å². The Morgan fingerprint density at radius 1 is 1.42 bits per heavy atom. The van der Waals surface area contributed by atoms with E-state index in [-0.39, 0.29) is 29.5 Å². The molecular weight excluding hydrogens is 223 g/mol. The van der Waals surface area contributed by atoms with Crippen molar-refractivity contribution in [3.05, 3.63) is 0 Å². The van der Waals surface area contributed by atoms with Gasteiger partial charge in [0.25, 0.3) is 0 Å². The Balaban J connectivity index is -0.000000405. The largest absolute Gasteiger partial charge is 0.480 e. The summed E-state index contributed by atoms with van der Waals surface area (Å²) in [6.07, 6.45) is 2.16. The van der Waals surface area contributed by atoms with Gasteiger partial charge in [-0.3, -0.25) is 4.79 Å². The second-order valence-electron chi connectivity index (χ2n) is 2.23. The Hall–Kier alpha value is 0.199. The average Bonchev–Trinajstić information content (AvgIpc) is 1.88. The SMILES string of the molecule is Cl.NCCCCC(N)C(=O)O.[Fe]. The van der Waals surface area contributed by atoms with Crippen molar-refractivity contribution in [3.63, 3.8) is 0 Å². The van der Waals surface area contributed by atoms with Gasteiger partial charge in [0.05, 0.1) is 0 Å². The molecule has 0 aliphatic carbocycles. The van der Waals surface area contributed by atoms with Crippen LogP contribution in [-0.4, -0.2) is 23.7 Å². The van der Waals surface area contributed by atoms with Gasteiger partial charge in [-0.2, -0.15) is 0 Å². The maximum absolute atomic E-state index is 10.1. The summed E-state index contributed by atoms with van der Waals surface area (Å²) >= 11 is 0. The molecule has 0 aromatic carbocycles. The summed E-state index contributed by atoms with van der Waals surface area (Å²) in [6, 6.07) is -0.716. The van der Waals surface area contributed by atoms with Gasteiger partial charge in [0, 0.05) is 17.1 Å². The van der Waals surface area contributed by atoms with Crippen LogP contribution in [0.25, 0.3) is 0 Å². The first kappa shape index (κ1) is 18.1. The van der Waals surface area contributed by atoms with Gasteiger partial charge in [0.2, 0.25) is 0 Å². The number of unbranched alkanes of at least 4 members (excludes halogenated alkanes) is 1. The van der Waals surface area contributed by atoms with Crippen LogP contribution >= 0.6 is 12.4 Å². The molecule has 0 fully saturated rings. The zero-order valence-corrected chi connectivity index (χ0v) is 8.60. The maximum Gasteiger partial charge on any atom is 0.320 e. The summed E-state index contributed by atoms with van der Waals surface area (Å²) in [4.78, 5) is 10.1. The summed E-state index contributed by atoms with van der Waals surface area (Å²) in [5.41, 5.74) is 10.4. The molecule has 0 rings (SSSR count). The van der Waals surface area contributed by atoms with Gasteiger partial charge in [0.1, 0.15) is 6.04 Å². The molecule has 0 amide bonds. The molecule has 12 heavy (non-hydrogen) atoms. The molecule has 0 heterocycles. The number of carboxylic acids is 1. The number of carboxylic acid groups (broad SMARTS) is 1. The van der Waals surface area contributed by atoms with E-state index in [2.05, 4.69) is 0 Å². The van der Waals surface area contributed by atoms with E-state index in [1.54, 1.807) is 0 Å². The van der Waals surface area contributed by atoms with E-state index >= 15 is 0 Å². The summed E-state index contributed by atoms with van der Waals surface area (Å²) in [5, 5.41) is 8.33. The predicted molar refractivity (Wildman–Crippen MR) is 45.8 cm³/mol. The van der Waals surface area contributed by atoms with Gasteiger partial charge in [-0.15, -0.1) is 12.4 Å². The molecule has 0 bridgehead atoms. The zero-order chi connectivity index (χ0) is 7.98. The Morgan fingerprint density at radius 3 is 2.25 bits per heavy atom. The van der Waals surface area contributed by atoms with E-state index in [4.69, 9.17) is 16.6 Å². The fraction of sp³-hybridized carbons (Fsp3) is 0.833. The van der Waals surface area contributed by atoms with Crippen LogP contribution in [0, 0.1) is 0 Å². The molecule has 0 radical (unpaired) electrons. The van der Waals surface area contributed by atoms with E-state index in [0.29, 0.717) is 13.0 Å². The van der Waals surface area contributed by atoms with Gasteiger partial charge in [-0.05, 0) is 19.4 Å². The monoisotopic (exact) mass is 238 g/mol. The average molecular weight is 238 g/mol. The van der Waals surface area contributed by atoms with Crippen LogP contribution in [0.5, 0.6) is 0 Å². The first-order valence-corrected chi connectivity index (χ1v) is 3.37.